The summed E-state index contributed by atoms with van der Waals surface area (Å²) in [5.41, 5.74) is 3.86. The Morgan fingerprint density at radius 2 is 1.88 bits per heavy atom. The largest absolute Gasteiger partial charge is 0.857 e. The van der Waals surface area contributed by atoms with Gasteiger partial charge in [0.25, 0.3) is 0 Å². The quantitative estimate of drug-likeness (QED) is 0.248. The maximum atomic E-state index is 12.1. The van der Waals surface area contributed by atoms with Crippen LogP contribution in [0.3, 0.4) is 0 Å². The molecule has 134 valence electrons. The third-order valence-electron chi connectivity index (χ3n) is 3.06. The molecule has 0 spiro atoms. The third-order valence-corrected chi connectivity index (χ3v) is 6.49. The topological polar surface area (TPSA) is 74.1 Å². The highest BCUT2D eigenvalue weighted by molar-refractivity contribution is 7.95. The lowest BCUT2D eigenvalue weighted by molar-refractivity contribution is -0.213. The second-order valence-electron chi connectivity index (χ2n) is 5.18. The lowest BCUT2D eigenvalue weighted by Crippen LogP contribution is -2.20. The smallest absolute Gasteiger partial charge is 0.143 e. The highest BCUT2D eigenvalue weighted by Gasteiger charge is 2.11. The summed E-state index contributed by atoms with van der Waals surface area (Å²) in [6.07, 6.45) is 5.34. The Bertz CT molecular complexity index is 813. The maximum Gasteiger partial charge on any atom is 0.143 e. The molecule has 3 aromatic rings. The zero-order valence-corrected chi connectivity index (χ0v) is 17.8. The Morgan fingerprint density at radius 3 is 2.60 bits per heavy atom. The normalized spacial score (nSPS) is 11.7. The first kappa shape index (κ1) is 20.3. The molecule has 25 heavy (non-hydrogen) atoms. The van der Waals surface area contributed by atoms with Gasteiger partial charge in [0.1, 0.15) is 27.2 Å². The van der Waals surface area contributed by atoms with Gasteiger partial charge in [0.2, 0.25) is 0 Å². The molecule has 0 bridgehead atoms. The average molecular weight is 433 g/mol. The molecule has 0 saturated carbocycles. The highest BCUT2D eigenvalue weighted by Crippen LogP contribution is 2.30. The number of nitrogens with zero attached hydrogens (tertiary/aromatic N) is 4. The monoisotopic (exact) mass is 432 g/mol. The van der Waals surface area contributed by atoms with Crippen LogP contribution >= 0.6 is 46.4 Å². The fourth-order valence-electron chi connectivity index (χ4n) is 1.91. The number of halogens is 1. The lowest BCUT2D eigenvalue weighted by atomic mass is 10.4. The van der Waals surface area contributed by atoms with E-state index in [4.69, 9.17) is 0 Å². The highest BCUT2D eigenvalue weighted by atomic mass is 35.5. The lowest BCUT2D eigenvalue weighted by Gasteiger charge is -2.06. The fraction of sp³-hybridized carbons (Fsp3) is 0.333. The minimum Gasteiger partial charge on any atom is -0.857 e. The summed E-state index contributed by atoms with van der Waals surface area (Å²) in [5.74, 6) is 0.872. The van der Waals surface area contributed by atoms with E-state index < -0.39 is 0 Å². The van der Waals surface area contributed by atoms with Crippen molar-refractivity contribution in [1.29, 1.82) is 0 Å². The molecule has 0 aliphatic rings. The molecule has 10 heteroatoms. The zero-order chi connectivity index (χ0) is 16.9. The molecular weight excluding hydrogens is 416 g/mol. The molecule has 3 heterocycles. The van der Waals surface area contributed by atoms with Crippen molar-refractivity contribution in [3.8, 4) is 21.4 Å². The number of thiazole rings is 3. The second kappa shape index (κ2) is 9.63. The van der Waals surface area contributed by atoms with Crippen LogP contribution in [0, 0.1) is 0 Å². The first-order chi connectivity index (χ1) is 11.6. The molecule has 0 unspecified atom stereocenters. The van der Waals surface area contributed by atoms with Crippen LogP contribution in [-0.2, 0) is 10.9 Å². The van der Waals surface area contributed by atoms with Gasteiger partial charge in [0, 0.05) is 35.0 Å². The van der Waals surface area contributed by atoms with E-state index in [9.17, 15) is 5.11 Å². The predicted octanol–water partition coefficient (Wildman–Crippen LogP) is 3.19. The van der Waals surface area contributed by atoms with Gasteiger partial charge < -0.3 is 5.11 Å². The number of aliphatic imine (C=N–C) groups is 1. The molecule has 0 aliphatic carbocycles. The van der Waals surface area contributed by atoms with Gasteiger partial charge in [-0.3, -0.25) is 4.99 Å². The van der Waals surface area contributed by atoms with Crippen molar-refractivity contribution in [2.45, 2.75) is 6.42 Å². The van der Waals surface area contributed by atoms with Gasteiger partial charge in [0.05, 0.1) is 23.7 Å². The molecule has 3 aromatic heterocycles. The Kier molecular flexibility index (Phi) is 7.82. The Hall–Kier alpha value is -1.00. The fourth-order valence-corrected chi connectivity index (χ4v) is 4.83. The van der Waals surface area contributed by atoms with Gasteiger partial charge >= 0.3 is 0 Å². The summed E-state index contributed by atoms with van der Waals surface area (Å²) >= 11 is 4.50. The van der Waals surface area contributed by atoms with Gasteiger partial charge in [0.15, 0.2) is 0 Å². The van der Waals surface area contributed by atoms with Gasteiger partial charge in [-0.25, -0.2) is 15.0 Å². The van der Waals surface area contributed by atoms with Crippen LogP contribution in [-0.4, -0.2) is 45.7 Å². The summed E-state index contributed by atoms with van der Waals surface area (Å²) in [5, 5.41) is 19.4. The minimum atomic E-state index is -0.237. The summed E-state index contributed by atoms with van der Waals surface area (Å²) in [4.78, 5) is 17.3. The number of hydrogen-bond donors (Lipinski definition) is 0. The zero-order valence-electron chi connectivity index (χ0n) is 13.7. The second-order valence-corrected chi connectivity index (χ2v) is 9.99. The number of aromatic nitrogens is 3. The Labute approximate surface area is 167 Å². The van der Waals surface area contributed by atoms with Gasteiger partial charge in [-0.15, -0.1) is 46.4 Å². The summed E-state index contributed by atoms with van der Waals surface area (Å²) < 4.78 is 0. The van der Waals surface area contributed by atoms with Crippen molar-refractivity contribution >= 4 is 63.2 Å². The van der Waals surface area contributed by atoms with Gasteiger partial charge in [-0.05, 0) is 10.9 Å². The van der Waals surface area contributed by atoms with Crippen LogP contribution in [0.5, 0.6) is 0 Å². The van der Waals surface area contributed by atoms with E-state index in [1.807, 2.05) is 10.8 Å². The van der Waals surface area contributed by atoms with Crippen LogP contribution < -0.4 is 5.11 Å². The van der Waals surface area contributed by atoms with Crippen molar-refractivity contribution < 1.29 is 5.11 Å². The van der Waals surface area contributed by atoms with E-state index in [0.29, 0.717) is 23.1 Å². The molecule has 0 N–H and O–H groups in total. The van der Waals surface area contributed by atoms with Crippen LogP contribution in [0.25, 0.3) is 21.4 Å². The maximum absolute atomic E-state index is 12.1. The van der Waals surface area contributed by atoms with E-state index in [1.54, 1.807) is 22.2 Å². The molecular formula is C15H17ClN4OS4. The van der Waals surface area contributed by atoms with Crippen LogP contribution in [0.1, 0.15) is 12.1 Å². The number of hydrogen-bond acceptors (Lipinski definition) is 8. The van der Waals surface area contributed by atoms with Crippen LogP contribution in [0.2, 0.25) is 0 Å². The molecule has 0 radical (unpaired) electrons. The molecule has 3 rings (SSSR count). The van der Waals surface area contributed by atoms with E-state index in [-0.39, 0.29) is 18.3 Å². The molecule has 0 amide bonds. The van der Waals surface area contributed by atoms with E-state index >= 15 is 0 Å². The van der Waals surface area contributed by atoms with Gasteiger partial charge in [-0.1, -0.05) is 0 Å². The van der Waals surface area contributed by atoms with Crippen molar-refractivity contribution in [3.63, 3.8) is 0 Å². The van der Waals surface area contributed by atoms with E-state index in [1.165, 1.54) is 22.7 Å². The standard InChI is InChI=1S/C15H16N4OS4.ClH/c1-24(2)5-3-4-16-13(20)10-7-22-15(18-10)12-8-23-14(19-12)11-6-21-9-17-11;/h6-9H,3-5H2,1-2H3;1H. The SMILES string of the molecule is C[S+](C)CCCN=C([O-])c1csc(-c2csc(-c3cscn3)n2)n1.Cl. The number of rotatable bonds is 7. The Balaban J connectivity index is 0.00000225. The van der Waals surface area contributed by atoms with Crippen molar-refractivity contribution in [1.82, 2.24) is 15.0 Å². The van der Waals surface area contributed by atoms with E-state index in [2.05, 4.69) is 32.5 Å². The molecule has 0 atom stereocenters. The Morgan fingerprint density at radius 1 is 1.12 bits per heavy atom. The van der Waals surface area contributed by atoms with E-state index in [0.717, 1.165) is 33.6 Å². The predicted molar refractivity (Wildman–Crippen MR) is 112 cm³/mol. The van der Waals surface area contributed by atoms with Crippen LogP contribution in [0.4, 0.5) is 0 Å². The average Bonchev–Trinajstić information content (AvgIpc) is 3.31. The summed E-state index contributed by atoms with van der Waals surface area (Å²) in [7, 11) is 0.398. The molecule has 5 nitrogen and oxygen atoms in total. The van der Waals surface area contributed by atoms with Crippen LogP contribution in [0.15, 0.2) is 26.6 Å². The summed E-state index contributed by atoms with van der Waals surface area (Å²) in [6.45, 7) is 0.571. The first-order valence-corrected chi connectivity index (χ1v) is 12.1. The third kappa shape index (κ3) is 5.49. The molecule has 0 fully saturated rings. The molecule has 0 aliphatic heterocycles. The summed E-state index contributed by atoms with van der Waals surface area (Å²) in [6, 6.07) is 0. The molecule has 0 saturated heterocycles. The first-order valence-electron chi connectivity index (χ1n) is 7.19. The van der Waals surface area contributed by atoms with Gasteiger partial charge in [-0.2, -0.15) is 0 Å². The minimum absolute atomic E-state index is 0. The van der Waals surface area contributed by atoms with Crippen molar-refractivity contribution in [2.24, 2.45) is 4.99 Å². The molecule has 0 aromatic carbocycles. The van der Waals surface area contributed by atoms with Crippen molar-refractivity contribution in [3.05, 3.63) is 27.3 Å². The van der Waals surface area contributed by atoms with Crippen molar-refractivity contribution in [2.75, 3.05) is 24.8 Å².